The van der Waals surface area contributed by atoms with Crippen molar-refractivity contribution in [1.82, 2.24) is 15.6 Å². The second-order valence-corrected chi connectivity index (χ2v) is 5.27. The van der Waals surface area contributed by atoms with Crippen LogP contribution in [0.1, 0.15) is 18.0 Å². The third kappa shape index (κ3) is 4.12. The van der Waals surface area contributed by atoms with Crippen LogP contribution in [0.25, 0.3) is 0 Å². The number of rotatable bonds is 5. The molecule has 0 saturated heterocycles. The Bertz CT molecular complexity index is 648. The van der Waals surface area contributed by atoms with Crippen molar-refractivity contribution in [2.45, 2.75) is 12.5 Å². The Labute approximate surface area is 135 Å². The Morgan fingerprint density at radius 2 is 2.04 bits per heavy atom. The minimum absolute atomic E-state index is 0.0105. The molecule has 2 heterocycles. The van der Waals surface area contributed by atoms with Crippen molar-refractivity contribution in [3.05, 3.63) is 54.2 Å². The van der Waals surface area contributed by atoms with Crippen LogP contribution < -0.4 is 20.7 Å². The van der Waals surface area contributed by atoms with Crippen molar-refractivity contribution in [3.8, 4) is 5.75 Å². The number of hydrogen-bond donors (Lipinski definition) is 3. The summed E-state index contributed by atoms with van der Waals surface area (Å²) in [5.41, 5.74) is 1.03. The number of para-hydroxylation sites is 1. The van der Waals surface area contributed by atoms with E-state index in [1.54, 1.807) is 6.20 Å². The van der Waals surface area contributed by atoms with Gasteiger partial charge in [-0.1, -0.05) is 24.3 Å². The van der Waals surface area contributed by atoms with Crippen molar-refractivity contribution >= 4 is 11.8 Å². The van der Waals surface area contributed by atoms with E-state index in [4.69, 9.17) is 4.74 Å². The monoisotopic (exact) mass is 312 g/mol. The van der Waals surface area contributed by atoms with Gasteiger partial charge in [0.1, 0.15) is 11.6 Å². The van der Waals surface area contributed by atoms with Gasteiger partial charge >= 0.3 is 6.03 Å². The molecule has 1 aromatic heterocycles. The molecule has 1 aliphatic heterocycles. The third-order valence-corrected chi connectivity index (χ3v) is 3.65. The lowest BCUT2D eigenvalue weighted by atomic mass is 10.0. The smallest absolute Gasteiger partial charge is 0.315 e. The van der Waals surface area contributed by atoms with Gasteiger partial charge < -0.3 is 20.7 Å². The van der Waals surface area contributed by atoms with Crippen LogP contribution in [-0.2, 0) is 0 Å². The van der Waals surface area contributed by atoms with Gasteiger partial charge in [0.05, 0.1) is 12.6 Å². The first-order valence-corrected chi connectivity index (χ1v) is 7.74. The quantitative estimate of drug-likeness (QED) is 0.741. The molecule has 1 atom stereocenters. The SMILES string of the molecule is O=C(NCCNc1ccccn1)N[C@@H]1CCOc2ccccc21. The molecule has 6 nitrogen and oxygen atoms in total. The number of nitrogens with one attached hydrogen (secondary N) is 3. The molecule has 0 fully saturated rings. The summed E-state index contributed by atoms with van der Waals surface area (Å²) in [5.74, 6) is 1.65. The lowest BCUT2D eigenvalue weighted by Gasteiger charge is -2.26. The summed E-state index contributed by atoms with van der Waals surface area (Å²) in [4.78, 5) is 16.2. The first-order valence-electron chi connectivity index (χ1n) is 7.74. The normalized spacial score (nSPS) is 15.9. The maximum atomic E-state index is 12.0. The fourth-order valence-corrected chi connectivity index (χ4v) is 2.54. The Morgan fingerprint density at radius 1 is 1.17 bits per heavy atom. The number of hydrogen-bond acceptors (Lipinski definition) is 4. The summed E-state index contributed by atoms with van der Waals surface area (Å²) in [6, 6.07) is 13.3. The van der Waals surface area contributed by atoms with E-state index >= 15 is 0 Å². The maximum absolute atomic E-state index is 12.0. The summed E-state index contributed by atoms with van der Waals surface area (Å²) in [5, 5.41) is 9.00. The Morgan fingerprint density at radius 3 is 2.91 bits per heavy atom. The van der Waals surface area contributed by atoms with Crippen LogP contribution in [-0.4, -0.2) is 30.7 Å². The molecule has 2 aromatic rings. The zero-order valence-corrected chi connectivity index (χ0v) is 12.8. The molecular weight excluding hydrogens is 292 g/mol. The zero-order valence-electron chi connectivity index (χ0n) is 12.8. The molecule has 0 aliphatic carbocycles. The zero-order chi connectivity index (χ0) is 15.9. The van der Waals surface area contributed by atoms with Crippen LogP contribution in [0.5, 0.6) is 5.75 Å². The van der Waals surface area contributed by atoms with E-state index < -0.39 is 0 Å². The molecule has 0 unspecified atom stereocenters. The predicted octanol–water partition coefficient (Wildman–Crippen LogP) is 2.32. The van der Waals surface area contributed by atoms with Gasteiger partial charge in [0.25, 0.3) is 0 Å². The summed E-state index contributed by atoms with van der Waals surface area (Å²) in [7, 11) is 0. The minimum atomic E-state index is -0.172. The molecule has 0 spiro atoms. The largest absolute Gasteiger partial charge is 0.493 e. The number of benzene rings is 1. The van der Waals surface area contributed by atoms with Crippen molar-refractivity contribution < 1.29 is 9.53 Å². The molecule has 1 aromatic carbocycles. The first-order chi connectivity index (χ1) is 11.3. The number of urea groups is 1. The summed E-state index contributed by atoms with van der Waals surface area (Å²) < 4.78 is 5.59. The molecular formula is C17H20N4O2. The van der Waals surface area contributed by atoms with E-state index in [9.17, 15) is 4.79 Å². The summed E-state index contributed by atoms with van der Waals surface area (Å²) in [6.45, 7) is 1.76. The van der Waals surface area contributed by atoms with E-state index in [1.807, 2.05) is 42.5 Å². The van der Waals surface area contributed by atoms with E-state index in [2.05, 4.69) is 20.9 Å². The van der Waals surface area contributed by atoms with Crippen LogP contribution >= 0.6 is 0 Å². The Kier molecular flexibility index (Phi) is 4.93. The number of carbonyl (C=O) groups excluding carboxylic acids is 1. The van der Waals surface area contributed by atoms with Gasteiger partial charge in [0, 0.05) is 31.3 Å². The summed E-state index contributed by atoms with van der Waals surface area (Å²) >= 11 is 0. The number of nitrogens with zero attached hydrogens (tertiary/aromatic N) is 1. The molecule has 120 valence electrons. The fraction of sp³-hybridized carbons (Fsp3) is 0.294. The van der Waals surface area contributed by atoms with Crippen molar-refractivity contribution in [3.63, 3.8) is 0 Å². The van der Waals surface area contributed by atoms with Crippen LogP contribution in [0.15, 0.2) is 48.7 Å². The molecule has 0 radical (unpaired) electrons. The number of aromatic nitrogens is 1. The van der Waals surface area contributed by atoms with Gasteiger partial charge in [-0.3, -0.25) is 0 Å². The van der Waals surface area contributed by atoms with Gasteiger partial charge in [-0.2, -0.15) is 0 Å². The predicted molar refractivity (Wildman–Crippen MR) is 88.6 cm³/mol. The van der Waals surface area contributed by atoms with Crippen LogP contribution in [0.4, 0.5) is 10.6 Å². The topological polar surface area (TPSA) is 75.3 Å². The van der Waals surface area contributed by atoms with Crippen molar-refractivity contribution in [2.24, 2.45) is 0 Å². The highest BCUT2D eigenvalue weighted by atomic mass is 16.5. The lowest BCUT2D eigenvalue weighted by molar-refractivity contribution is 0.223. The molecule has 3 rings (SSSR count). The number of anilines is 1. The second kappa shape index (κ2) is 7.49. The number of carbonyl (C=O) groups is 1. The minimum Gasteiger partial charge on any atom is -0.493 e. The van der Waals surface area contributed by atoms with Gasteiger partial charge in [-0.15, -0.1) is 0 Å². The van der Waals surface area contributed by atoms with E-state index in [0.717, 1.165) is 23.6 Å². The van der Waals surface area contributed by atoms with Crippen LogP contribution in [0.2, 0.25) is 0 Å². The number of ether oxygens (including phenoxy) is 1. The van der Waals surface area contributed by atoms with Crippen molar-refractivity contribution in [2.75, 3.05) is 25.0 Å². The van der Waals surface area contributed by atoms with Gasteiger partial charge in [-0.25, -0.2) is 9.78 Å². The van der Waals surface area contributed by atoms with E-state index in [-0.39, 0.29) is 12.1 Å². The van der Waals surface area contributed by atoms with E-state index in [0.29, 0.717) is 19.7 Å². The van der Waals surface area contributed by atoms with Crippen molar-refractivity contribution in [1.29, 1.82) is 0 Å². The average Bonchev–Trinajstić information content (AvgIpc) is 2.60. The molecule has 6 heteroatoms. The molecule has 23 heavy (non-hydrogen) atoms. The molecule has 0 bridgehead atoms. The van der Waals surface area contributed by atoms with Gasteiger partial charge in [-0.05, 0) is 18.2 Å². The third-order valence-electron chi connectivity index (χ3n) is 3.65. The first kappa shape index (κ1) is 15.1. The number of fused-ring (bicyclic) bond motifs is 1. The standard InChI is InChI=1S/C17H20N4O2/c22-17(20-11-10-19-16-7-3-4-9-18-16)21-14-8-12-23-15-6-2-1-5-13(14)15/h1-7,9,14H,8,10-12H2,(H,18,19)(H2,20,21,22)/t14-/m1/s1. The lowest BCUT2D eigenvalue weighted by Crippen LogP contribution is -2.41. The maximum Gasteiger partial charge on any atom is 0.315 e. The highest BCUT2D eigenvalue weighted by molar-refractivity contribution is 5.74. The average molecular weight is 312 g/mol. The van der Waals surface area contributed by atoms with Gasteiger partial charge in [0.15, 0.2) is 0 Å². The Hall–Kier alpha value is -2.76. The Balaban J connectivity index is 1.43. The highest BCUT2D eigenvalue weighted by Gasteiger charge is 2.22. The highest BCUT2D eigenvalue weighted by Crippen LogP contribution is 2.31. The van der Waals surface area contributed by atoms with Crippen LogP contribution in [0.3, 0.4) is 0 Å². The van der Waals surface area contributed by atoms with E-state index in [1.165, 1.54) is 0 Å². The second-order valence-electron chi connectivity index (χ2n) is 5.27. The van der Waals surface area contributed by atoms with Crippen LogP contribution in [0, 0.1) is 0 Å². The molecule has 2 amide bonds. The number of pyridine rings is 1. The summed E-state index contributed by atoms with van der Waals surface area (Å²) in [6.07, 6.45) is 2.50. The molecule has 0 saturated carbocycles. The molecule has 3 N–H and O–H groups in total. The number of amides is 2. The fourth-order valence-electron chi connectivity index (χ4n) is 2.54. The van der Waals surface area contributed by atoms with Gasteiger partial charge in [0.2, 0.25) is 0 Å². The molecule has 1 aliphatic rings.